The van der Waals surface area contributed by atoms with Gasteiger partial charge in [0.2, 0.25) is 0 Å². The molecule has 0 unspecified atom stereocenters. The van der Waals surface area contributed by atoms with Gasteiger partial charge >= 0.3 is 5.97 Å². The van der Waals surface area contributed by atoms with Crippen LogP contribution >= 0.6 is 0 Å². The lowest BCUT2D eigenvalue weighted by molar-refractivity contribution is -0.147. The zero-order valence-electron chi connectivity index (χ0n) is 12.3. The van der Waals surface area contributed by atoms with Crippen LogP contribution in [0, 0.1) is 12.3 Å². The lowest BCUT2D eigenvalue weighted by Gasteiger charge is -2.18. The molecule has 0 fully saturated rings. The Hall–Kier alpha value is -2.37. The maximum absolute atomic E-state index is 12.0. The fourth-order valence-electron chi connectivity index (χ4n) is 1.82. The molecule has 0 aliphatic rings. The number of carbonyl (C=O) groups excluding carboxylic acids is 1. The van der Waals surface area contributed by atoms with Crippen LogP contribution in [0.4, 0.5) is 0 Å². The van der Waals surface area contributed by atoms with Gasteiger partial charge in [-0.2, -0.15) is 0 Å². The number of hydrogen-bond acceptors (Lipinski definition) is 4. The number of amides is 1. The second-order valence-electron chi connectivity index (χ2n) is 5.64. The van der Waals surface area contributed by atoms with Crippen molar-refractivity contribution in [3.8, 4) is 0 Å². The summed E-state index contributed by atoms with van der Waals surface area (Å²) in [5.41, 5.74) is 1.15. The average molecular weight is 290 g/mol. The highest BCUT2D eigenvalue weighted by Gasteiger charge is 2.26. The van der Waals surface area contributed by atoms with E-state index in [4.69, 9.17) is 9.52 Å². The summed E-state index contributed by atoms with van der Waals surface area (Å²) in [6.07, 6.45) is 0.339. The van der Waals surface area contributed by atoms with Gasteiger partial charge in [0.05, 0.1) is 5.41 Å². The van der Waals surface area contributed by atoms with E-state index in [-0.39, 0.29) is 18.2 Å². The molecule has 2 N–H and O–H groups in total. The molecule has 0 spiro atoms. The number of pyridine rings is 1. The summed E-state index contributed by atoms with van der Waals surface area (Å²) >= 11 is 0. The summed E-state index contributed by atoms with van der Waals surface area (Å²) in [6, 6.07) is 5.16. The molecule has 0 saturated carbocycles. The number of aromatic nitrogens is 1. The van der Waals surface area contributed by atoms with Crippen molar-refractivity contribution < 1.29 is 19.1 Å². The molecule has 2 heterocycles. The molecule has 0 atom stereocenters. The Balaban J connectivity index is 2.01. The van der Waals surface area contributed by atoms with Gasteiger partial charge in [0.1, 0.15) is 5.52 Å². The van der Waals surface area contributed by atoms with Crippen LogP contribution in [0.2, 0.25) is 0 Å². The lowest BCUT2D eigenvalue weighted by atomic mass is 9.90. The first kappa shape index (κ1) is 15.0. The van der Waals surface area contributed by atoms with Crippen LogP contribution in [0.25, 0.3) is 11.1 Å². The molecule has 2 aromatic heterocycles. The minimum Gasteiger partial charge on any atom is -0.481 e. The first-order valence-corrected chi connectivity index (χ1v) is 6.68. The van der Waals surface area contributed by atoms with Gasteiger partial charge in [0.25, 0.3) is 5.91 Å². The number of carboxylic acid groups (broad SMARTS) is 1. The molecular weight excluding hydrogens is 272 g/mol. The second kappa shape index (κ2) is 5.55. The monoisotopic (exact) mass is 290 g/mol. The van der Waals surface area contributed by atoms with E-state index in [2.05, 4.69) is 10.3 Å². The molecule has 2 aromatic rings. The molecule has 0 aliphatic heterocycles. The highest BCUT2D eigenvalue weighted by Crippen LogP contribution is 2.20. The fourth-order valence-corrected chi connectivity index (χ4v) is 1.82. The Labute approximate surface area is 122 Å². The molecule has 0 bridgehead atoms. The van der Waals surface area contributed by atoms with Crippen LogP contribution in [0.5, 0.6) is 0 Å². The zero-order valence-corrected chi connectivity index (χ0v) is 12.3. The number of hydrogen-bond donors (Lipinski definition) is 2. The Morgan fingerprint density at radius 2 is 2.10 bits per heavy atom. The third-order valence-corrected chi connectivity index (χ3v) is 3.35. The van der Waals surface area contributed by atoms with E-state index in [0.29, 0.717) is 17.5 Å². The van der Waals surface area contributed by atoms with Gasteiger partial charge in [-0.3, -0.25) is 9.59 Å². The SMILES string of the molecule is Cc1ccc2oc(C(=O)NCCC(C)(C)C(=O)O)cc2n1. The minimum absolute atomic E-state index is 0.177. The number of aliphatic carboxylic acids is 1. The van der Waals surface area contributed by atoms with Crippen molar-refractivity contribution in [3.05, 3.63) is 29.7 Å². The van der Waals surface area contributed by atoms with E-state index < -0.39 is 11.4 Å². The van der Waals surface area contributed by atoms with Crippen molar-refractivity contribution in [2.45, 2.75) is 27.2 Å². The third kappa shape index (κ3) is 3.39. The Morgan fingerprint density at radius 1 is 1.38 bits per heavy atom. The Bertz CT molecular complexity index is 688. The molecule has 0 aliphatic carbocycles. The lowest BCUT2D eigenvalue weighted by Crippen LogP contribution is -2.31. The van der Waals surface area contributed by atoms with Crippen molar-refractivity contribution in [2.24, 2.45) is 5.41 Å². The van der Waals surface area contributed by atoms with E-state index in [1.165, 1.54) is 0 Å². The van der Waals surface area contributed by atoms with Crippen LogP contribution in [-0.4, -0.2) is 28.5 Å². The number of nitrogens with one attached hydrogen (secondary N) is 1. The summed E-state index contributed by atoms with van der Waals surface area (Å²) in [5, 5.41) is 11.7. The highest BCUT2D eigenvalue weighted by molar-refractivity contribution is 5.95. The topological polar surface area (TPSA) is 92.4 Å². The first-order chi connectivity index (χ1) is 9.79. The van der Waals surface area contributed by atoms with E-state index in [1.807, 2.05) is 13.0 Å². The molecule has 6 heteroatoms. The molecule has 0 aromatic carbocycles. The summed E-state index contributed by atoms with van der Waals surface area (Å²) in [4.78, 5) is 27.2. The Morgan fingerprint density at radius 3 is 2.76 bits per heavy atom. The minimum atomic E-state index is -0.889. The molecule has 0 saturated heterocycles. The van der Waals surface area contributed by atoms with E-state index >= 15 is 0 Å². The van der Waals surface area contributed by atoms with E-state index in [9.17, 15) is 9.59 Å². The highest BCUT2D eigenvalue weighted by atomic mass is 16.4. The Kier molecular flexibility index (Phi) is 3.97. The van der Waals surface area contributed by atoms with Gasteiger partial charge in [-0.25, -0.2) is 4.98 Å². The molecule has 2 rings (SSSR count). The van der Waals surface area contributed by atoms with Crippen LogP contribution in [0.1, 0.15) is 36.5 Å². The van der Waals surface area contributed by atoms with Crippen LogP contribution in [-0.2, 0) is 4.79 Å². The first-order valence-electron chi connectivity index (χ1n) is 6.68. The van der Waals surface area contributed by atoms with Crippen LogP contribution in [0.3, 0.4) is 0 Å². The molecule has 112 valence electrons. The van der Waals surface area contributed by atoms with Crippen LogP contribution in [0.15, 0.2) is 22.6 Å². The molecule has 21 heavy (non-hydrogen) atoms. The van der Waals surface area contributed by atoms with Crippen molar-refractivity contribution in [1.82, 2.24) is 10.3 Å². The van der Waals surface area contributed by atoms with Crippen molar-refractivity contribution >= 4 is 23.0 Å². The van der Waals surface area contributed by atoms with Crippen molar-refractivity contribution in [1.29, 1.82) is 0 Å². The summed E-state index contributed by atoms with van der Waals surface area (Å²) in [6.45, 7) is 5.37. The number of aryl methyl sites for hydroxylation is 1. The smallest absolute Gasteiger partial charge is 0.309 e. The standard InChI is InChI=1S/C15H18N2O4/c1-9-4-5-11-10(17-9)8-12(21-11)13(18)16-7-6-15(2,3)14(19)20/h4-5,8H,6-7H2,1-3H3,(H,16,18)(H,19,20). The van der Waals surface area contributed by atoms with Crippen LogP contribution < -0.4 is 5.32 Å². The van der Waals surface area contributed by atoms with Gasteiger partial charge in [0.15, 0.2) is 11.3 Å². The number of carboxylic acids is 1. The van der Waals surface area contributed by atoms with Crippen molar-refractivity contribution in [3.63, 3.8) is 0 Å². The van der Waals surface area contributed by atoms with E-state index in [0.717, 1.165) is 5.69 Å². The molecular formula is C15H18N2O4. The third-order valence-electron chi connectivity index (χ3n) is 3.35. The molecule has 0 radical (unpaired) electrons. The van der Waals surface area contributed by atoms with Gasteiger partial charge in [0, 0.05) is 18.3 Å². The van der Waals surface area contributed by atoms with E-state index in [1.54, 1.807) is 26.0 Å². The predicted octanol–water partition coefficient (Wildman–Crippen LogP) is 2.37. The number of furan rings is 1. The molecule has 1 amide bonds. The van der Waals surface area contributed by atoms with Gasteiger partial charge in [-0.15, -0.1) is 0 Å². The summed E-state index contributed by atoms with van der Waals surface area (Å²) in [7, 11) is 0. The molecule has 6 nitrogen and oxygen atoms in total. The summed E-state index contributed by atoms with van der Waals surface area (Å²) in [5.74, 6) is -1.08. The maximum atomic E-state index is 12.0. The quantitative estimate of drug-likeness (QED) is 0.881. The maximum Gasteiger partial charge on any atom is 0.309 e. The van der Waals surface area contributed by atoms with Crippen molar-refractivity contribution in [2.75, 3.05) is 6.54 Å². The summed E-state index contributed by atoms with van der Waals surface area (Å²) < 4.78 is 5.42. The fraction of sp³-hybridized carbons (Fsp3) is 0.400. The number of carbonyl (C=O) groups is 2. The second-order valence-corrected chi connectivity index (χ2v) is 5.64. The van der Waals surface area contributed by atoms with Gasteiger partial charge < -0.3 is 14.8 Å². The number of fused-ring (bicyclic) bond motifs is 1. The predicted molar refractivity (Wildman–Crippen MR) is 77.1 cm³/mol. The normalized spacial score (nSPS) is 11.6. The number of rotatable bonds is 5. The largest absolute Gasteiger partial charge is 0.481 e. The zero-order chi connectivity index (χ0) is 15.6. The van der Waals surface area contributed by atoms with Gasteiger partial charge in [-0.1, -0.05) is 0 Å². The number of nitrogens with zero attached hydrogens (tertiary/aromatic N) is 1. The van der Waals surface area contributed by atoms with Gasteiger partial charge in [-0.05, 0) is 39.3 Å². The average Bonchev–Trinajstić information content (AvgIpc) is 2.81.